The summed E-state index contributed by atoms with van der Waals surface area (Å²) >= 11 is 0. The molecule has 1 aliphatic rings. The number of hydrogen-bond acceptors (Lipinski definition) is 4. The zero-order chi connectivity index (χ0) is 15.5. The van der Waals surface area contributed by atoms with Crippen LogP contribution < -0.4 is 9.46 Å². The first kappa shape index (κ1) is 16.3. The van der Waals surface area contributed by atoms with E-state index < -0.39 is 10.0 Å². The summed E-state index contributed by atoms with van der Waals surface area (Å²) in [5, 5.41) is 9.28. The van der Waals surface area contributed by atoms with Crippen LogP contribution in [0.25, 0.3) is 0 Å². The van der Waals surface area contributed by atoms with Crippen molar-refractivity contribution in [1.82, 2.24) is 4.72 Å². The van der Waals surface area contributed by atoms with Crippen LogP contribution in [0.15, 0.2) is 23.1 Å². The van der Waals surface area contributed by atoms with Gasteiger partial charge in [-0.05, 0) is 36.5 Å². The van der Waals surface area contributed by atoms with Gasteiger partial charge in [0.2, 0.25) is 10.0 Å². The molecule has 0 bridgehead atoms. The lowest BCUT2D eigenvalue weighted by molar-refractivity contribution is 0.273. The fourth-order valence-corrected chi connectivity index (χ4v) is 4.02. The molecule has 6 heteroatoms. The third kappa shape index (κ3) is 3.75. The average molecular weight is 313 g/mol. The summed E-state index contributed by atoms with van der Waals surface area (Å²) in [5.74, 6) is 1.47. The smallest absolute Gasteiger partial charge is 0.240 e. The topological polar surface area (TPSA) is 75.6 Å². The van der Waals surface area contributed by atoms with Crippen molar-refractivity contribution in [2.75, 3.05) is 13.7 Å². The van der Waals surface area contributed by atoms with Crippen LogP contribution in [0.2, 0.25) is 0 Å². The van der Waals surface area contributed by atoms with Crippen LogP contribution in [0.1, 0.15) is 31.7 Å². The van der Waals surface area contributed by atoms with E-state index >= 15 is 0 Å². The van der Waals surface area contributed by atoms with Gasteiger partial charge in [-0.15, -0.1) is 0 Å². The summed E-state index contributed by atoms with van der Waals surface area (Å²) in [4.78, 5) is 0.165. The van der Waals surface area contributed by atoms with Gasteiger partial charge >= 0.3 is 0 Å². The Morgan fingerprint density at radius 3 is 2.71 bits per heavy atom. The highest BCUT2D eigenvalue weighted by Crippen LogP contribution is 2.31. The van der Waals surface area contributed by atoms with E-state index in [-0.39, 0.29) is 11.5 Å². The number of ether oxygens (including phenoxy) is 1. The molecule has 118 valence electrons. The van der Waals surface area contributed by atoms with E-state index in [4.69, 9.17) is 4.74 Å². The number of methoxy groups -OCH3 is 1. The van der Waals surface area contributed by atoms with Crippen LogP contribution in [-0.4, -0.2) is 27.2 Å². The van der Waals surface area contributed by atoms with E-state index in [1.165, 1.54) is 32.1 Å². The molecule has 2 unspecified atom stereocenters. The summed E-state index contributed by atoms with van der Waals surface area (Å²) < 4.78 is 32.4. The maximum atomic E-state index is 12.3. The van der Waals surface area contributed by atoms with E-state index in [0.717, 1.165) is 6.42 Å². The molecule has 21 heavy (non-hydrogen) atoms. The van der Waals surface area contributed by atoms with Crippen molar-refractivity contribution >= 4 is 10.0 Å². The Morgan fingerprint density at radius 2 is 2.14 bits per heavy atom. The molecule has 1 aliphatic carbocycles. The van der Waals surface area contributed by atoms with Crippen molar-refractivity contribution in [3.8, 4) is 5.75 Å². The summed E-state index contributed by atoms with van der Waals surface area (Å²) in [5.41, 5.74) is 0.467. The zero-order valence-electron chi connectivity index (χ0n) is 12.5. The number of benzene rings is 1. The van der Waals surface area contributed by atoms with Gasteiger partial charge in [-0.3, -0.25) is 0 Å². The zero-order valence-corrected chi connectivity index (χ0v) is 13.3. The quantitative estimate of drug-likeness (QED) is 0.841. The molecule has 0 aromatic heterocycles. The van der Waals surface area contributed by atoms with Crippen molar-refractivity contribution in [3.05, 3.63) is 23.8 Å². The first-order chi connectivity index (χ1) is 9.97. The van der Waals surface area contributed by atoms with Crippen LogP contribution >= 0.6 is 0 Å². The molecular weight excluding hydrogens is 290 g/mol. The number of hydrogen-bond donors (Lipinski definition) is 2. The lowest BCUT2D eigenvalue weighted by Gasteiger charge is -2.16. The molecule has 2 atom stereocenters. The van der Waals surface area contributed by atoms with Crippen molar-refractivity contribution in [2.24, 2.45) is 11.8 Å². The van der Waals surface area contributed by atoms with E-state index in [1.54, 1.807) is 6.07 Å². The second-order valence-electron chi connectivity index (χ2n) is 5.65. The third-order valence-corrected chi connectivity index (χ3v) is 5.73. The molecule has 1 aromatic rings. The first-order valence-electron chi connectivity index (χ1n) is 7.25. The fraction of sp³-hybridized carbons (Fsp3) is 0.600. The fourth-order valence-electron chi connectivity index (χ4n) is 2.87. The van der Waals surface area contributed by atoms with Crippen LogP contribution in [0, 0.1) is 11.8 Å². The average Bonchev–Trinajstić information content (AvgIpc) is 2.89. The van der Waals surface area contributed by atoms with Crippen molar-refractivity contribution in [1.29, 1.82) is 0 Å². The Bertz CT molecular complexity index is 585. The molecule has 0 heterocycles. The highest BCUT2D eigenvalue weighted by atomic mass is 32.2. The first-order valence-corrected chi connectivity index (χ1v) is 8.73. The highest BCUT2D eigenvalue weighted by molar-refractivity contribution is 7.89. The van der Waals surface area contributed by atoms with E-state index in [0.29, 0.717) is 29.7 Å². The molecule has 0 amide bonds. The van der Waals surface area contributed by atoms with Gasteiger partial charge in [0.25, 0.3) is 0 Å². The molecule has 1 saturated carbocycles. The second kappa shape index (κ2) is 6.77. The van der Waals surface area contributed by atoms with E-state index in [9.17, 15) is 13.5 Å². The van der Waals surface area contributed by atoms with Crippen molar-refractivity contribution in [2.45, 2.75) is 37.7 Å². The van der Waals surface area contributed by atoms with Gasteiger partial charge in [0, 0.05) is 12.1 Å². The van der Waals surface area contributed by atoms with Gasteiger partial charge in [-0.1, -0.05) is 19.8 Å². The third-order valence-electron chi connectivity index (χ3n) is 4.31. The normalized spacial score (nSPS) is 22.4. The summed E-state index contributed by atoms with van der Waals surface area (Å²) in [6, 6.07) is 4.52. The van der Waals surface area contributed by atoms with Gasteiger partial charge in [0.15, 0.2) is 0 Å². The standard InChI is InChI=1S/C15H23NO4S/c1-11-4-3-5-12(11)9-16-21(18,19)14-6-7-15(20-2)13(8-14)10-17/h6-8,11-12,16-17H,3-5,9-10H2,1-2H3. The van der Waals surface area contributed by atoms with Gasteiger partial charge in [-0.2, -0.15) is 0 Å². The van der Waals surface area contributed by atoms with Gasteiger partial charge in [0.05, 0.1) is 18.6 Å². The number of rotatable bonds is 6. The van der Waals surface area contributed by atoms with Gasteiger partial charge < -0.3 is 9.84 Å². The predicted octanol–water partition coefficient (Wildman–Crippen LogP) is 1.90. The maximum absolute atomic E-state index is 12.3. The Labute approximate surface area is 126 Å². The van der Waals surface area contributed by atoms with Gasteiger partial charge in [-0.25, -0.2) is 13.1 Å². The predicted molar refractivity (Wildman–Crippen MR) is 80.6 cm³/mol. The van der Waals surface area contributed by atoms with Crippen molar-refractivity contribution in [3.63, 3.8) is 0 Å². The molecule has 1 aromatic carbocycles. The maximum Gasteiger partial charge on any atom is 0.240 e. The van der Waals surface area contributed by atoms with Crippen LogP contribution in [0.4, 0.5) is 0 Å². The lowest BCUT2D eigenvalue weighted by atomic mass is 9.99. The van der Waals surface area contributed by atoms with Crippen LogP contribution in [0.5, 0.6) is 5.75 Å². The minimum atomic E-state index is -3.55. The largest absolute Gasteiger partial charge is 0.496 e. The number of aliphatic hydroxyl groups excluding tert-OH is 1. The molecule has 2 N–H and O–H groups in total. The van der Waals surface area contributed by atoms with Gasteiger partial charge in [0.1, 0.15) is 5.75 Å². The summed E-state index contributed by atoms with van der Waals surface area (Å²) in [7, 11) is -2.06. The molecule has 0 radical (unpaired) electrons. The molecule has 0 aliphatic heterocycles. The Hall–Kier alpha value is -1.11. The Balaban J connectivity index is 2.11. The van der Waals surface area contributed by atoms with Crippen molar-refractivity contribution < 1.29 is 18.3 Å². The highest BCUT2D eigenvalue weighted by Gasteiger charge is 2.25. The summed E-state index contributed by atoms with van der Waals surface area (Å²) in [6.07, 6.45) is 3.42. The van der Waals surface area contributed by atoms with Crippen LogP contribution in [-0.2, 0) is 16.6 Å². The molecule has 0 spiro atoms. The number of nitrogens with one attached hydrogen (secondary N) is 1. The lowest BCUT2D eigenvalue weighted by Crippen LogP contribution is -2.30. The molecule has 1 fully saturated rings. The van der Waals surface area contributed by atoms with E-state index in [2.05, 4.69) is 11.6 Å². The number of sulfonamides is 1. The molecule has 2 rings (SSSR count). The summed E-state index contributed by atoms with van der Waals surface area (Å²) in [6.45, 7) is 2.39. The Kier molecular flexibility index (Phi) is 5.24. The minimum Gasteiger partial charge on any atom is -0.496 e. The Morgan fingerprint density at radius 1 is 1.38 bits per heavy atom. The second-order valence-corrected chi connectivity index (χ2v) is 7.42. The van der Waals surface area contributed by atoms with E-state index in [1.807, 2.05) is 0 Å². The monoisotopic (exact) mass is 313 g/mol. The number of aliphatic hydroxyl groups is 1. The SMILES string of the molecule is COc1ccc(S(=O)(=O)NCC2CCCC2C)cc1CO. The van der Waals surface area contributed by atoms with Crippen LogP contribution in [0.3, 0.4) is 0 Å². The minimum absolute atomic E-state index is 0.165. The molecule has 5 nitrogen and oxygen atoms in total. The molecular formula is C15H23NO4S. The molecule has 0 saturated heterocycles.